The van der Waals surface area contributed by atoms with Crippen molar-refractivity contribution in [3.63, 3.8) is 0 Å². The molecule has 2 saturated heterocycles. The molecule has 66 heavy (non-hydrogen) atoms. The number of phenols is 1. The first-order valence-corrected chi connectivity index (χ1v) is 21.5. The molecule has 4 aliphatic rings. The first kappa shape index (κ1) is 44.4. The first-order chi connectivity index (χ1) is 31.6. The van der Waals surface area contributed by atoms with E-state index in [1.807, 2.05) is 24.3 Å². The minimum atomic E-state index is -4.78. The molecule has 6 atom stereocenters. The van der Waals surface area contributed by atoms with Crippen molar-refractivity contribution < 1.29 is 51.7 Å². The van der Waals surface area contributed by atoms with Crippen LogP contribution < -0.4 is 24.5 Å². The number of hydrogen-bond acceptors (Lipinski definition) is 10. The van der Waals surface area contributed by atoms with E-state index in [4.69, 9.17) is 37.4 Å². The molecule has 0 bridgehead atoms. The van der Waals surface area contributed by atoms with Gasteiger partial charge >= 0.3 is 6.18 Å². The molecule has 3 heterocycles. The van der Waals surface area contributed by atoms with Gasteiger partial charge in [0, 0.05) is 28.3 Å². The number of allylic oxidation sites excluding steroid dienone is 2. The highest BCUT2D eigenvalue weighted by molar-refractivity contribution is 6.33. The Morgan fingerprint density at radius 2 is 1.56 bits per heavy atom. The largest absolute Gasteiger partial charge is 0.508 e. The molecule has 4 aromatic carbocycles. The Morgan fingerprint density at radius 1 is 0.833 bits per heavy atom. The Hall–Kier alpha value is -6.84. The maximum atomic E-state index is 15.5. The topological polar surface area (TPSA) is 148 Å². The van der Waals surface area contributed by atoms with Gasteiger partial charge in [0.25, 0.3) is 11.8 Å². The molecule has 5 aromatic rings. The van der Waals surface area contributed by atoms with Gasteiger partial charge in [-0.2, -0.15) is 18.2 Å². The maximum absolute atomic E-state index is 15.5. The van der Waals surface area contributed by atoms with Gasteiger partial charge in [-0.1, -0.05) is 77.3 Å². The number of anilines is 2. The molecular formula is C49H39Cl2F3N4O8. The third kappa shape index (κ3) is 7.12. The number of carbonyl (C=O) groups excluding carboxylic acids is 4. The normalized spacial score (nSPS) is 23.7. The van der Waals surface area contributed by atoms with Crippen LogP contribution in [0.2, 0.25) is 10.0 Å². The number of methoxy groups -OCH3 is 3. The minimum Gasteiger partial charge on any atom is -0.508 e. The third-order valence-electron chi connectivity index (χ3n) is 13.2. The number of alkyl halides is 3. The number of hydrogen-bond donors (Lipinski definition) is 2. The number of fused-ring (bicyclic) bond motifs is 4. The highest BCUT2D eigenvalue weighted by Gasteiger charge is 2.71. The SMILES string of the molecule is COc1ccc(OC)c(C=Cc2ccc(N3C(=O)C4CC=C5C(CC6C(=O)N(Nc7ncc(C(F)(F)F)cc7Cl)C(=O)C6(c6ccc(Cl)cc6)C5c5c(O)cccc5OC)C4C3=O)cc2)c1. The number of pyridine rings is 1. The summed E-state index contributed by atoms with van der Waals surface area (Å²) in [6.07, 6.45) is 1.23. The fourth-order valence-corrected chi connectivity index (χ4v) is 10.6. The van der Waals surface area contributed by atoms with Crippen LogP contribution in [-0.4, -0.2) is 60.1 Å². The predicted molar refractivity (Wildman–Crippen MR) is 239 cm³/mol. The Kier molecular flexibility index (Phi) is 11.3. The number of ether oxygens (including phenoxy) is 3. The van der Waals surface area contributed by atoms with Crippen LogP contribution >= 0.6 is 23.2 Å². The van der Waals surface area contributed by atoms with Gasteiger partial charge in [0.1, 0.15) is 23.0 Å². The zero-order chi connectivity index (χ0) is 46.8. The first-order valence-electron chi connectivity index (χ1n) is 20.7. The highest BCUT2D eigenvalue weighted by atomic mass is 35.5. The van der Waals surface area contributed by atoms with Crippen LogP contribution in [0.25, 0.3) is 12.2 Å². The van der Waals surface area contributed by atoms with Crippen LogP contribution in [0.15, 0.2) is 109 Å². The van der Waals surface area contributed by atoms with Crippen molar-refractivity contribution in [2.45, 2.75) is 30.4 Å². The van der Waals surface area contributed by atoms with Gasteiger partial charge in [0.15, 0.2) is 5.82 Å². The van der Waals surface area contributed by atoms with Crippen LogP contribution in [0.1, 0.15) is 46.6 Å². The molecule has 3 fully saturated rings. The number of hydrazine groups is 1. The quantitative estimate of drug-likeness (QED) is 0.0789. The summed E-state index contributed by atoms with van der Waals surface area (Å²) >= 11 is 12.7. The van der Waals surface area contributed by atoms with Crippen molar-refractivity contribution in [2.75, 3.05) is 31.7 Å². The summed E-state index contributed by atoms with van der Waals surface area (Å²) in [5.41, 5.74) is 2.43. The number of phenolic OH excluding ortho intramolecular Hbond substituents is 1. The molecule has 9 rings (SSSR count). The zero-order valence-corrected chi connectivity index (χ0v) is 36.8. The summed E-state index contributed by atoms with van der Waals surface area (Å²) in [6, 6.07) is 23.8. The summed E-state index contributed by atoms with van der Waals surface area (Å²) in [6.45, 7) is 0. The zero-order valence-electron chi connectivity index (χ0n) is 35.3. The van der Waals surface area contributed by atoms with E-state index in [1.54, 1.807) is 87.0 Å². The molecule has 17 heteroatoms. The van der Waals surface area contributed by atoms with Crippen LogP contribution in [0.5, 0.6) is 23.0 Å². The van der Waals surface area contributed by atoms with E-state index in [1.165, 1.54) is 13.2 Å². The fourth-order valence-electron chi connectivity index (χ4n) is 10.2. The summed E-state index contributed by atoms with van der Waals surface area (Å²) in [5.74, 6) is -6.96. The van der Waals surface area contributed by atoms with Crippen LogP contribution in [0, 0.1) is 23.7 Å². The lowest BCUT2D eigenvalue weighted by Gasteiger charge is -2.50. The standard InChI is InChI=1S/C49H39Cl2F3N4O8/c1-64-31-17-20-38(65-2)26(21-31)10-7-25-8-15-30(16-9-25)57-44(60)33-19-18-32-34(40(33)46(57)62)23-35-45(61)58(56-43-36(51)22-28(24-55-43)49(52,53)54)47(63)48(35,27-11-13-29(50)14-12-27)42(32)41-37(59)5-4-6-39(41)66-3/h4-18,20-22,24,33-35,40,42,59H,19,23H2,1-3H3,(H,55,56). The van der Waals surface area contributed by atoms with E-state index in [0.29, 0.717) is 50.6 Å². The molecule has 1 aromatic heterocycles. The number of nitrogens with one attached hydrogen (secondary N) is 1. The number of amides is 4. The Morgan fingerprint density at radius 3 is 2.23 bits per heavy atom. The lowest BCUT2D eigenvalue weighted by molar-refractivity contribution is -0.139. The van der Waals surface area contributed by atoms with Crippen molar-refractivity contribution in [2.24, 2.45) is 23.7 Å². The van der Waals surface area contributed by atoms with Gasteiger partial charge in [-0.3, -0.25) is 29.5 Å². The molecule has 2 N–H and O–H groups in total. The lowest BCUT2D eigenvalue weighted by Crippen LogP contribution is -2.53. The van der Waals surface area contributed by atoms with Crippen LogP contribution in [-0.2, 0) is 30.8 Å². The number of carbonyl (C=O) groups is 4. The second-order valence-electron chi connectivity index (χ2n) is 16.4. The number of rotatable bonds is 10. The number of imide groups is 2. The van der Waals surface area contributed by atoms with Crippen LogP contribution in [0.3, 0.4) is 0 Å². The number of benzene rings is 4. The molecule has 6 unspecified atom stereocenters. The van der Waals surface area contributed by atoms with Gasteiger partial charge in [-0.05, 0) is 90.6 Å². The molecule has 12 nitrogen and oxygen atoms in total. The van der Waals surface area contributed by atoms with E-state index >= 15 is 9.59 Å². The highest BCUT2D eigenvalue weighted by Crippen LogP contribution is 2.66. The second-order valence-corrected chi connectivity index (χ2v) is 17.2. The molecule has 2 aliphatic heterocycles. The van der Waals surface area contributed by atoms with Gasteiger partial charge in [-0.25, -0.2) is 4.98 Å². The van der Waals surface area contributed by atoms with Gasteiger partial charge < -0.3 is 19.3 Å². The lowest BCUT2D eigenvalue weighted by atomic mass is 9.49. The molecule has 2 aliphatic carbocycles. The van der Waals surface area contributed by atoms with Crippen molar-refractivity contribution in [1.82, 2.24) is 9.99 Å². The van der Waals surface area contributed by atoms with Gasteiger partial charge in [0.2, 0.25) is 11.8 Å². The Bertz CT molecular complexity index is 2870. The monoisotopic (exact) mass is 938 g/mol. The summed E-state index contributed by atoms with van der Waals surface area (Å²) in [5, 5.41) is 12.3. The van der Waals surface area contributed by atoms with E-state index in [9.17, 15) is 27.9 Å². The third-order valence-corrected chi connectivity index (χ3v) is 13.7. The van der Waals surface area contributed by atoms with Crippen LogP contribution in [0.4, 0.5) is 24.7 Å². The van der Waals surface area contributed by atoms with Crippen molar-refractivity contribution >= 4 is 70.5 Å². The summed E-state index contributed by atoms with van der Waals surface area (Å²) < 4.78 is 57.5. The molecule has 338 valence electrons. The van der Waals surface area contributed by atoms with E-state index in [0.717, 1.165) is 16.0 Å². The number of nitrogens with zero attached hydrogens (tertiary/aromatic N) is 3. The van der Waals surface area contributed by atoms with Gasteiger partial charge in [-0.15, -0.1) is 0 Å². The van der Waals surface area contributed by atoms with E-state index in [2.05, 4.69) is 10.4 Å². The molecule has 1 saturated carbocycles. The average Bonchev–Trinajstić information content (AvgIpc) is 3.69. The smallest absolute Gasteiger partial charge is 0.417 e. The molecular weight excluding hydrogens is 900 g/mol. The minimum absolute atomic E-state index is 0.0870. The van der Waals surface area contributed by atoms with Crippen molar-refractivity contribution in [1.29, 1.82) is 0 Å². The molecule has 4 amide bonds. The number of aromatic nitrogens is 1. The van der Waals surface area contributed by atoms with E-state index in [-0.39, 0.29) is 29.9 Å². The predicted octanol–water partition coefficient (Wildman–Crippen LogP) is 9.50. The number of aromatic hydroxyl groups is 1. The Balaban J connectivity index is 1.13. The van der Waals surface area contributed by atoms with E-state index < -0.39 is 81.2 Å². The van der Waals surface area contributed by atoms with Crippen molar-refractivity contribution in [3.05, 3.63) is 147 Å². The average molecular weight is 940 g/mol. The van der Waals surface area contributed by atoms with Gasteiger partial charge in [0.05, 0.1) is 60.8 Å². The number of halogens is 5. The van der Waals surface area contributed by atoms with Crippen molar-refractivity contribution in [3.8, 4) is 23.0 Å². The Labute approximate surface area is 386 Å². The molecule has 0 radical (unpaired) electrons. The maximum Gasteiger partial charge on any atom is 0.417 e. The molecule has 0 spiro atoms. The summed E-state index contributed by atoms with van der Waals surface area (Å²) in [7, 11) is 4.52. The fraction of sp³-hybridized carbons (Fsp3) is 0.245. The summed E-state index contributed by atoms with van der Waals surface area (Å²) in [4.78, 5) is 64.9. The second kappa shape index (κ2) is 16.9.